The van der Waals surface area contributed by atoms with Crippen LogP contribution in [0.15, 0.2) is 103 Å². The van der Waals surface area contributed by atoms with E-state index >= 15 is 0 Å². The maximum absolute atomic E-state index is 10.0. The number of nitrogens with zero attached hydrogens (tertiary/aromatic N) is 4. The summed E-state index contributed by atoms with van der Waals surface area (Å²) in [5.41, 5.74) is 7.22. The molecule has 0 amide bonds. The molecule has 4 aromatic carbocycles. The summed E-state index contributed by atoms with van der Waals surface area (Å²) < 4.78 is 0. The molecule has 4 heteroatoms. The van der Waals surface area contributed by atoms with Crippen LogP contribution >= 0.6 is 0 Å². The summed E-state index contributed by atoms with van der Waals surface area (Å²) in [6.07, 6.45) is 8.40. The van der Waals surface area contributed by atoms with Gasteiger partial charge in [-0.15, -0.1) is 0 Å². The molecule has 0 saturated heterocycles. The van der Waals surface area contributed by atoms with E-state index in [1.54, 1.807) is 0 Å². The summed E-state index contributed by atoms with van der Waals surface area (Å²) in [5, 5.41) is 10.0. The van der Waals surface area contributed by atoms with Gasteiger partial charge in [0.15, 0.2) is 17.5 Å². The van der Waals surface area contributed by atoms with Crippen LogP contribution in [0.3, 0.4) is 0 Å². The molecule has 5 aromatic rings. The quantitative estimate of drug-likeness (QED) is 0.222. The molecule has 0 spiro atoms. The van der Waals surface area contributed by atoms with Crippen molar-refractivity contribution in [1.82, 2.24) is 15.0 Å². The smallest absolute Gasteiger partial charge is 0.164 e. The van der Waals surface area contributed by atoms with Crippen molar-refractivity contribution in [3.8, 4) is 51.4 Å². The van der Waals surface area contributed by atoms with E-state index in [1.807, 2.05) is 72.8 Å². The van der Waals surface area contributed by atoms with Crippen LogP contribution in [0.25, 0.3) is 45.3 Å². The molecule has 0 N–H and O–H groups in total. The summed E-state index contributed by atoms with van der Waals surface area (Å²) >= 11 is 0. The van der Waals surface area contributed by atoms with Crippen molar-refractivity contribution in [2.45, 2.75) is 43.9 Å². The fraction of sp³-hybridized carbons (Fsp3) is 0.263. The number of nitriles is 1. The Hall–Kier alpha value is -4.62. The summed E-state index contributed by atoms with van der Waals surface area (Å²) in [6, 6.07) is 37.5. The molecular weight excluding hydrogens is 512 g/mol. The summed E-state index contributed by atoms with van der Waals surface area (Å²) in [7, 11) is 0. The van der Waals surface area contributed by atoms with E-state index in [-0.39, 0.29) is 0 Å². The average Bonchev–Trinajstić information content (AvgIpc) is 3.04. The zero-order valence-electron chi connectivity index (χ0n) is 23.6. The van der Waals surface area contributed by atoms with Gasteiger partial charge >= 0.3 is 0 Å². The largest absolute Gasteiger partial charge is 0.208 e. The van der Waals surface area contributed by atoms with E-state index in [0.717, 1.165) is 45.6 Å². The van der Waals surface area contributed by atoms with Crippen molar-refractivity contribution >= 4 is 0 Å². The SMILES string of the molecule is N#Cc1ccc(-c2nc(-c3ccccc3)nc(-c3ccccc3)n2)cc1-c1ccc(C23CC4CC(CC(C4)C2)C3)cc1. The molecule has 1 heterocycles. The molecule has 42 heavy (non-hydrogen) atoms. The molecule has 4 fully saturated rings. The van der Waals surface area contributed by atoms with Crippen molar-refractivity contribution in [2.75, 3.05) is 0 Å². The lowest BCUT2D eigenvalue weighted by atomic mass is 9.48. The van der Waals surface area contributed by atoms with Crippen molar-refractivity contribution in [1.29, 1.82) is 5.26 Å². The second-order valence-corrected chi connectivity index (χ2v) is 12.7. The normalized spacial score (nSPS) is 23.9. The van der Waals surface area contributed by atoms with Crippen LogP contribution in [0.4, 0.5) is 0 Å². The average molecular weight is 545 g/mol. The number of rotatable bonds is 5. The molecule has 4 saturated carbocycles. The highest BCUT2D eigenvalue weighted by Crippen LogP contribution is 2.60. The van der Waals surface area contributed by atoms with Gasteiger partial charge in [-0.3, -0.25) is 0 Å². The highest BCUT2D eigenvalue weighted by atomic mass is 15.0. The Kier molecular flexibility index (Phi) is 6.00. The van der Waals surface area contributed by atoms with Crippen LogP contribution in [0.2, 0.25) is 0 Å². The first-order chi connectivity index (χ1) is 20.7. The molecule has 0 atom stereocenters. The van der Waals surface area contributed by atoms with E-state index in [4.69, 9.17) is 15.0 Å². The topological polar surface area (TPSA) is 62.5 Å². The van der Waals surface area contributed by atoms with Crippen LogP contribution in [0.1, 0.15) is 49.7 Å². The molecule has 4 bridgehead atoms. The van der Waals surface area contributed by atoms with E-state index in [2.05, 4.69) is 36.4 Å². The fourth-order valence-corrected chi connectivity index (χ4v) is 8.42. The Morgan fingerprint density at radius 2 is 1.02 bits per heavy atom. The van der Waals surface area contributed by atoms with Gasteiger partial charge in [0.1, 0.15) is 0 Å². The zero-order chi connectivity index (χ0) is 28.1. The Labute approximate surface area is 247 Å². The van der Waals surface area contributed by atoms with Crippen LogP contribution < -0.4 is 0 Å². The van der Waals surface area contributed by atoms with Gasteiger partial charge in [0.05, 0.1) is 11.6 Å². The van der Waals surface area contributed by atoms with Crippen molar-refractivity contribution < 1.29 is 0 Å². The minimum atomic E-state index is 0.361. The predicted molar refractivity (Wildman–Crippen MR) is 166 cm³/mol. The van der Waals surface area contributed by atoms with E-state index < -0.39 is 0 Å². The van der Waals surface area contributed by atoms with E-state index in [9.17, 15) is 5.26 Å². The Morgan fingerprint density at radius 1 is 0.548 bits per heavy atom. The standard InChI is InChI=1S/C38H32N4/c39-24-32-12-11-31(37-41-35(29-7-3-1-4-8-29)40-36(42-37)30-9-5-2-6-10-30)20-34(32)28-13-15-33(16-14-28)38-21-25-17-26(22-38)19-27(18-25)23-38/h1-16,20,25-27H,17-19,21-23H2. The molecular formula is C38H32N4. The van der Waals surface area contributed by atoms with Gasteiger partial charge in [-0.25, -0.2) is 15.0 Å². The van der Waals surface area contributed by atoms with Crippen molar-refractivity contribution in [3.63, 3.8) is 0 Å². The van der Waals surface area contributed by atoms with Crippen LogP contribution in [-0.2, 0) is 5.41 Å². The molecule has 4 aliphatic rings. The molecule has 1 aromatic heterocycles. The first-order valence-corrected chi connectivity index (χ1v) is 15.2. The molecule has 4 aliphatic carbocycles. The van der Waals surface area contributed by atoms with Crippen molar-refractivity contribution in [3.05, 3.63) is 114 Å². The monoisotopic (exact) mass is 544 g/mol. The summed E-state index contributed by atoms with van der Waals surface area (Å²) in [5.74, 6) is 4.60. The van der Waals surface area contributed by atoms with Gasteiger partial charge in [0, 0.05) is 22.3 Å². The van der Waals surface area contributed by atoms with Gasteiger partial charge < -0.3 is 0 Å². The second-order valence-electron chi connectivity index (χ2n) is 12.7. The molecule has 9 rings (SSSR count). The second kappa shape index (κ2) is 10.0. The third kappa shape index (κ3) is 4.41. The molecule has 0 unspecified atom stereocenters. The fourth-order valence-electron chi connectivity index (χ4n) is 8.42. The maximum atomic E-state index is 10.0. The minimum absolute atomic E-state index is 0.361. The van der Waals surface area contributed by atoms with Crippen LogP contribution in [-0.4, -0.2) is 15.0 Å². The summed E-state index contributed by atoms with van der Waals surface area (Å²) in [4.78, 5) is 14.6. The highest BCUT2D eigenvalue weighted by Gasteiger charge is 2.51. The van der Waals surface area contributed by atoms with Gasteiger partial charge in [0.2, 0.25) is 0 Å². The maximum Gasteiger partial charge on any atom is 0.164 e. The Morgan fingerprint density at radius 3 is 1.52 bits per heavy atom. The first kappa shape index (κ1) is 25.1. The molecule has 0 radical (unpaired) electrons. The Bertz CT molecular complexity index is 1710. The molecule has 204 valence electrons. The minimum Gasteiger partial charge on any atom is -0.208 e. The van der Waals surface area contributed by atoms with Crippen LogP contribution in [0.5, 0.6) is 0 Å². The molecule has 4 nitrogen and oxygen atoms in total. The zero-order valence-corrected chi connectivity index (χ0v) is 23.6. The lowest BCUT2D eigenvalue weighted by Gasteiger charge is -2.57. The molecule has 0 aliphatic heterocycles. The highest BCUT2D eigenvalue weighted by molar-refractivity contribution is 5.77. The third-order valence-electron chi connectivity index (χ3n) is 9.94. The number of hydrogen-bond donors (Lipinski definition) is 0. The number of aromatic nitrogens is 3. The van der Waals surface area contributed by atoms with Crippen molar-refractivity contribution in [2.24, 2.45) is 17.8 Å². The van der Waals surface area contributed by atoms with Gasteiger partial charge in [-0.2, -0.15) is 5.26 Å². The third-order valence-corrected chi connectivity index (χ3v) is 9.94. The number of benzene rings is 4. The summed E-state index contributed by atoms with van der Waals surface area (Å²) in [6.45, 7) is 0. The predicted octanol–water partition coefficient (Wildman–Crippen LogP) is 8.88. The Balaban J connectivity index is 1.19. The lowest BCUT2D eigenvalue weighted by Crippen LogP contribution is -2.48. The van der Waals surface area contributed by atoms with E-state index in [0.29, 0.717) is 28.5 Å². The number of hydrogen-bond acceptors (Lipinski definition) is 4. The van der Waals surface area contributed by atoms with Gasteiger partial charge in [0.25, 0.3) is 0 Å². The van der Waals surface area contributed by atoms with Crippen LogP contribution in [0, 0.1) is 29.1 Å². The van der Waals surface area contributed by atoms with Gasteiger partial charge in [-0.1, -0.05) is 84.9 Å². The van der Waals surface area contributed by atoms with Gasteiger partial charge in [-0.05, 0) is 91.0 Å². The first-order valence-electron chi connectivity index (χ1n) is 15.2. The van der Waals surface area contributed by atoms with E-state index in [1.165, 1.54) is 44.1 Å². The lowest BCUT2D eigenvalue weighted by molar-refractivity contribution is -0.00518.